The lowest BCUT2D eigenvalue weighted by atomic mass is 10.1. The first kappa shape index (κ1) is 12.5. The van der Waals surface area contributed by atoms with Crippen molar-refractivity contribution in [2.75, 3.05) is 30.0 Å². The highest BCUT2D eigenvalue weighted by atomic mass is 35.5. The molecule has 1 saturated heterocycles. The smallest absolute Gasteiger partial charge is 0.256 e. The fourth-order valence-corrected chi connectivity index (χ4v) is 2.83. The van der Waals surface area contributed by atoms with Crippen LogP contribution in [0.5, 0.6) is 0 Å². The van der Waals surface area contributed by atoms with E-state index in [0.717, 1.165) is 24.6 Å². The Hall–Kier alpha value is -0.910. The Bertz CT molecular complexity index is 421. The van der Waals surface area contributed by atoms with Gasteiger partial charge in [-0.1, -0.05) is 11.6 Å². The lowest BCUT2D eigenvalue weighted by molar-refractivity contribution is 0.0773. The number of carbonyl (C=O) groups is 1. The Morgan fingerprint density at radius 1 is 1.41 bits per heavy atom. The fraction of sp³-hybridized carbons (Fsp3) is 0.364. The number of nitrogens with two attached hydrogens (primary N) is 1. The van der Waals surface area contributed by atoms with Gasteiger partial charge >= 0.3 is 0 Å². The van der Waals surface area contributed by atoms with Gasteiger partial charge < -0.3 is 10.3 Å². The van der Waals surface area contributed by atoms with Gasteiger partial charge in [0, 0.05) is 29.6 Å². The van der Waals surface area contributed by atoms with Gasteiger partial charge in [-0.25, -0.2) is 0 Å². The number of nitrogens with zero attached hydrogens (tertiary/aromatic N) is 1. The summed E-state index contributed by atoms with van der Waals surface area (Å²) in [6.45, 7) is 1.56. The summed E-state index contributed by atoms with van der Waals surface area (Å²) in [6.07, 6.45) is 0. The van der Waals surface area contributed by atoms with Crippen LogP contribution in [0.15, 0.2) is 18.2 Å². The van der Waals surface area contributed by atoms with Crippen LogP contribution in [0.25, 0.3) is 0 Å². The number of amides is 1. The van der Waals surface area contributed by atoms with Crippen molar-refractivity contribution in [2.45, 2.75) is 0 Å². The maximum atomic E-state index is 12.3. The van der Waals surface area contributed by atoms with E-state index >= 15 is 0 Å². The number of benzene rings is 1. The summed E-state index contributed by atoms with van der Waals surface area (Å²) in [5.41, 5.74) is 3.67. The van der Waals surface area contributed by atoms with Crippen molar-refractivity contribution in [3.05, 3.63) is 28.8 Å². The van der Waals surface area contributed by atoms with Crippen LogP contribution in [-0.4, -0.2) is 35.4 Å². The molecule has 1 amide bonds. The SMILES string of the molecule is NNc1ccc(Cl)cc1C(=O)N1CCSCC1. The van der Waals surface area contributed by atoms with Gasteiger partial charge in [-0.05, 0) is 18.2 Å². The van der Waals surface area contributed by atoms with E-state index in [2.05, 4.69) is 5.43 Å². The number of nitrogens with one attached hydrogen (secondary N) is 1. The van der Waals surface area contributed by atoms with Gasteiger partial charge in [0.2, 0.25) is 0 Å². The molecule has 0 atom stereocenters. The average Bonchev–Trinajstić information content (AvgIpc) is 2.39. The molecule has 0 bridgehead atoms. The Morgan fingerprint density at radius 3 is 2.76 bits per heavy atom. The summed E-state index contributed by atoms with van der Waals surface area (Å²) < 4.78 is 0. The van der Waals surface area contributed by atoms with E-state index in [9.17, 15) is 4.79 Å². The second-order valence-electron chi connectivity index (χ2n) is 3.74. The molecule has 6 heteroatoms. The molecular formula is C11H14ClN3OS. The summed E-state index contributed by atoms with van der Waals surface area (Å²) in [5.74, 6) is 7.35. The van der Waals surface area contributed by atoms with Gasteiger partial charge in [0.25, 0.3) is 5.91 Å². The van der Waals surface area contributed by atoms with E-state index in [1.807, 2.05) is 16.7 Å². The molecule has 0 saturated carbocycles. The first-order valence-corrected chi connectivity index (χ1v) is 6.89. The highest BCUT2D eigenvalue weighted by molar-refractivity contribution is 7.99. The molecule has 1 aromatic carbocycles. The van der Waals surface area contributed by atoms with E-state index in [4.69, 9.17) is 17.4 Å². The Morgan fingerprint density at radius 2 is 2.12 bits per heavy atom. The summed E-state index contributed by atoms with van der Waals surface area (Å²) in [4.78, 5) is 14.1. The fourth-order valence-electron chi connectivity index (χ4n) is 1.76. The lowest BCUT2D eigenvalue weighted by Crippen LogP contribution is -2.38. The predicted octanol–water partition coefficient (Wildman–Crippen LogP) is 1.81. The minimum atomic E-state index is -0.0132. The topological polar surface area (TPSA) is 58.4 Å². The Kier molecular flexibility index (Phi) is 4.15. The van der Waals surface area contributed by atoms with Gasteiger partial charge in [-0.3, -0.25) is 10.6 Å². The molecule has 1 heterocycles. The zero-order valence-electron chi connectivity index (χ0n) is 9.28. The van der Waals surface area contributed by atoms with E-state index in [0.29, 0.717) is 16.3 Å². The first-order valence-electron chi connectivity index (χ1n) is 5.35. The molecular weight excluding hydrogens is 258 g/mol. The Balaban J connectivity index is 2.25. The minimum Gasteiger partial charge on any atom is -0.337 e. The number of nitrogen functional groups attached to an aromatic ring is 1. The van der Waals surface area contributed by atoms with Crippen molar-refractivity contribution in [1.29, 1.82) is 0 Å². The average molecular weight is 272 g/mol. The maximum Gasteiger partial charge on any atom is 0.256 e. The molecule has 92 valence electrons. The van der Waals surface area contributed by atoms with Crippen molar-refractivity contribution in [3.8, 4) is 0 Å². The molecule has 0 unspecified atom stereocenters. The predicted molar refractivity (Wildman–Crippen MR) is 72.5 cm³/mol. The molecule has 1 aliphatic heterocycles. The highest BCUT2D eigenvalue weighted by Crippen LogP contribution is 2.22. The molecule has 17 heavy (non-hydrogen) atoms. The normalized spacial score (nSPS) is 15.8. The molecule has 0 spiro atoms. The van der Waals surface area contributed by atoms with E-state index in [1.165, 1.54) is 0 Å². The van der Waals surface area contributed by atoms with Gasteiger partial charge in [0.05, 0.1) is 11.3 Å². The van der Waals surface area contributed by atoms with Crippen LogP contribution in [0, 0.1) is 0 Å². The van der Waals surface area contributed by atoms with E-state index < -0.39 is 0 Å². The number of anilines is 1. The number of hydrogen-bond donors (Lipinski definition) is 2. The zero-order valence-corrected chi connectivity index (χ0v) is 10.9. The number of carbonyl (C=O) groups excluding carboxylic acids is 1. The van der Waals surface area contributed by atoms with Crippen molar-refractivity contribution in [1.82, 2.24) is 4.90 Å². The van der Waals surface area contributed by atoms with Crippen LogP contribution in [0.3, 0.4) is 0 Å². The van der Waals surface area contributed by atoms with Gasteiger partial charge in [0.1, 0.15) is 0 Å². The van der Waals surface area contributed by atoms with E-state index in [1.54, 1.807) is 18.2 Å². The van der Waals surface area contributed by atoms with Gasteiger partial charge in [-0.15, -0.1) is 0 Å². The monoisotopic (exact) mass is 271 g/mol. The molecule has 0 radical (unpaired) electrons. The standard InChI is InChI=1S/C11H14ClN3OS/c12-8-1-2-10(14-13)9(7-8)11(16)15-3-5-17-6-4-15/h1-2,7,14H,3-6,13H2. The van der Waals surface area contributed by atoms with Crippen molar-refractivity contribution >= 4 is 35.0 Å². The van der Waals surface area contributed by atoms with Crippen molar-refractivity contribution in [2.24, 2.45) is 5.84 Å². The Labute approximate surface area is 109 Å². The number of hydrogen-bond acceptors (Lipinski definition) is 4. The molecule has 0 aromatic heterocycles. The molecule has 1 fully saturated rings. The van der Waals surface area contributed by atoms with Crippen LogP contribution >= 0.6 is 23.4 Å². The maximum absolute atomic E-state index is 12.3. The van der Waals surface area contributed by atoms with E-state index in [-0.39, 0.29) is 5.91 Å². The first-order chi connectivity index (χ1) is 8.22. The third-order valence-corrected chi connectivity index (χ3v) is 3.84. The lowest BCUT2D eigenvalue weighted by Gasteiger charge is -2.27. The summed E-state index contributed by atoms with van der Waals surface area (Å²) >= 11 is 7.78. The third kappa shape index (κ3) is 2.86. The van der Waals surface area contributed by atoms with Crippen LogP contribution in [0.1, 0.15) is 10.4 Å². The van der Waals surface area contributed by atoms with Crippen LogP contribution in [0.4, 0.5) is 5.69 Å². The molecule has 1 aromatic rings. The largest absolute Gasteiger partial charge is 0.337 e. The van der Waals surface area contributed by atoms with Crippen LogP contribution < -0.4 is 11.3 Å². The second-order valence-corrected chi connectivity index (χ2v) is 5.40. The number of thioether (sulfide) groups is 1. The number of halogens is 1. The van der Waals surface area contributed by atoms with Gasteiger partial charge in [0.15, 0.2) is 0 Å². The third-order valence-electron chi connectivity index (χ3n) is 2.67. The highest BCUT2D eigenvalue weighted by Gasteiger charge is 2.20. The summed E-state index contributed by atoms with van der Waals surface area (Å²) in [7, 11) is 0. The summed E-state index contributed by atoms with van der Waals surface area (Å²) in [5, 5.41) is 0.540. The van der Waals surface area contributed by atoms with Gasteiger partial charge in [-0.2, -0.15) is 11.8 Å². The number of rotatable bonds is 2. The molecule has 0 aliphatic carbocycles. The summed E-state index contributed by atoms with van der Waals surface area (Å²) in [6, 6.07) is 5.08. The molecule has 2 rings (SSSR count). The molecule has 1 aliphatic rings. The quantitative estimate of drug-likeness (QED) is 0.636. The minimum absolute atomic E-state index is 0.0132. The zero-order chi connectivity index (χ0) is 12.3. The van der Waals surface area contributed by atoms with Crippen LogP contribution in [-0.2, 0) is 0 Å². The molecule has 4 nitrogen and oxygen atoms in total. The second kappa shape index (κ2) is 5.62. The van der Waals surface area contributed by atoms with Crippen molar-refractivity contribution < 1.29 is 4.79 Å². The molecule has 3 N–H and O–H groups in total. The van der Waals surface area contributed by atoms with Crippen LogP contribution in [0.2, 0.25) is 5.02 Å². The number of hydrazine groups is 1. The van der Waals surface area contributed by atoms with Crippen molar-refractivity contribution in [3.63, 3.8) is 0 Å².